The maximum absolute atomic E-state index is 13.1. The van der Waals surface area contributed by atoms with Crippen molar-refractivity contribution in [2.45, 2.75) is 4.90 Å². The molecule has 2 rings (SSSR count). The Bertz CT molecular complexity index is 783. The molecule has 0 unspecified atom stereocenters. The molecule has 0 aromatic heterocycles. The number of ether oxygens (including phenoxy) is 1. The van der Waals surface area contributed by atoms with Gasteiger partial charge in [-0.2, -0.15) is 0 Å². The van der Waals surface area contributed by atoms with Gasteiger partial charge in [-0.05, 0) is 46.3 Å². The number of hydrogen-bond donors (Lipinski definition) is 1. The van der Waals surface area contributed by atoms with Crippen LogP contribution in [0.4, 0.5) is 10.1 Å². The van der Waals surface area contributed by atoms with Gasteiger partial charge in [0.25, 0.3) is 10.0 Å². The lowest BCUT2D eigenvalue weighted by atomic mass is 10.3. The van der Waals surface area contributed by atoms with Crippen LogP contribution in [0.2, 0.25) is 5.02 Å². The van der Waals surface area contributed by atoms with Crippen molar-refractivity contribution in [2.75, 3.05) is 11.8 Å². The van der Waals surface area contributed by atoms with E-state index in [1.807, 2.05) is 0 Å². The van der Waals surface area contributed by atoms with Gasteiger partial charge in [-0.3, -0.25) is 4.72 Å². The maximum Gasteiger partial charge on any atom is 0.262 e. The third-order valence-corrected chi connectivity index (χ3v) is 5.19. The maximum atomic E-state index is 13.1. The van der Waals surface area contributed by atoms with Crippen LogP contribution in [0.15, 0.2) is 45.8 Å². The molecule has 4 nitrogen and oxygen atoms in total. The molecule has 0 aliphatic carbocycles. The number of anilines is 1. The molecule has 2 aromatic rings. The van der Waals surface area contributed by atoms with Gasteiger partial charge in [-0.1, -0.05) is 11.6 Å². The number of rotatable bonds is 4. The fourth-order valence-electron chi connectivity index (χ4n) is 1.60. The summed E-state index contributed by atoms with van der Waals surface area (Å²) in [6, 6.07) is 7.72. The van der Waals surface area contributed by atoms with Gasteiger partial charge in [-0.15, -0.1) is 0 Å². The summed E-state index contributed by atoms with van der Waals surface area (Å²) >= 11 is 9.00. The van der Waals surface area contributed by atoms with Crippen molar-refractivity contribution in [1.29, 1.82) is 0 Å². The van der Waals surface area contributed by atoms with Gasteiger partial charge in [-0.25, -0.2) is 12.8 Å². The van der Waals surface area contributed by atoms with Crippen molar-refractivity contribution < 1.29 is 17.5 Å². The molecule has 0 radical (unpaired) electrons. The third-order valence-electron chi connectivity index (χ3n) is 2.61. The summed E-state index contributed by atoms with van der Waals surface area (Å²) in [4.78, 5) is 0.0187. The molecule has 0 aliphatic heterocycles. The Morgan fingerprint density at radius 1 is 1.24 bits per heavy atom. The smallest absolute Gasteiger partial charge is 0.262 e. The summed E-state index contributed by atoms with van der Waals surface area (Å²) in [7, 11) is -2.51. The monoisotopic (exact) mass is 393 g/mol. The highest BCUT2D eigenvalue weighted by Gasteiger charge is 2.18. The first-order chi connectivity index (χ1) is 9.83. The van der Waals surface area contributed by atoms with Crippen LogP contribution in [0.3, 0.4) is 0 Å². The second kappa shape index (κ2) is 6.21. The molecule has 0 saturated heterocycles. The molecule has 0 aliphatic rings. The van der Waals surface area contributed by atoms with Crippen LogP contribution in [-0.2, 0) is 10.0 Å². The van der Waals surface area contributed by atoms with Crippen molar-refractivity contribution in [1.82, 2.24) is 0 Å². The van der Waals surface area contributed by atoms with Crippen LogP contribution >= 0.6 is 27.5 Å². The Morgan fingerprint density at radius 3 is 2.57 bits per heavy atom. The second-order valence-electron chi connectivity index (χ2n) is 4.03. The quantitative estimate of drug-likeness (QED) is 0.851. The van der Waals surface area contributed by atoms with Crippen molar-refractivity contribution in [3.05, 3.63) is 51.7 Å². The molecule has 8 heteroatoms. The number of nitrogens with one attached hydrogen (secondary N) is 1. The summed E-state index contributed by atoms with van der Waals surface area (Å²) in [6.07, 6.45) is 0. The van der Waals surface area contributed by atoms with E-state index in [-0.39, 0.29) is 16.3 Å². The van der Waals surface area contributed by atoms with E-state index in [9.17, 15) is 12.8 Å². The lowest BCUT2D eigenvalue weighted by Gasteiger charge is -2.12. The van der Waals surface area contributed by atoms with E-state index in [0.29, 0.717) is 9.50 Å². The van der Waals surface area contributed by atoms with Crippen molar-refractivity contribution in [3.63, 3.8) is 0 Å². The van der Waals surface area contributed by atoms with E-state index in [1.165, 1.54) is 31.4 Å². The number of halogens is 3. The highest BCUT2D eigenvalue weighted by molar-refractivity contribution is 9.10. The number of benzene rings is 2. The summed E-state index contributed by atoms with van der Waals surface area (Å²) in [5.41, 5.74) is 0.143. The Labute approximate surface area is 135 Å². The molecule has 21 heavy (non-hydrogen) atoms. The number of methoxy groups -OCH3 is 1. The van der Waals surface area contributed by atoms with E-state index in [0.717, 1.165) is 12.1 Å². The summed E-state index contributed by atoms with van der Waals surface area (Å²) in [5, 5.41) is 0.397. The molecule has 0 saturated carbocycles. The minimum atomic E-state index is -3.84. The van der Waals surface area contributed by atoms with Gasteiger partial charge in [0, 0.05) is 10.5 Å². The van der Waals surface area contributed by atoms with E-state index < -0.39 is 15.8 Å². The average Bonchev–Trinajstić information content (AvgIpc) is 2.43. The fraction of sp³-hybridized carbons (Fsp3) is 0.0769. The van der Waals surface area contributed by atoms with Crippen LogP contribution < -0.4 is 9.46 Å². The van der Waals surface area contributed by atoms with Crippen LogP contribution in [0.25, 0.3) is 0 Å². The van der Waals surface area contributed by atoms with Crippen molar-refractivity contribution >= 4 is 43.2 Å². The first-order valence-electron chi connectivity index (χ1n) is 5.65. The molecule has 0 amide bonds. The Balaban J connectivity index is 2.39. The van der Waals surface area contributed by atoms with Gasteiger partial charge in [0.15, 0.2) is 0 Å². The number of hydrogen-bond acceptors (Lipinski definition) is 3. The van der Waals surface area contributed by atoms with Crippen LogP contribution in [-0.4, -0.2) is 15.5 Å². The lowest BCUT2D eigenvalue weighted by Crippen LogP contribution is -2.13. The predicted molar refractivity (Wildman–Crippen MR) is 82.9 cm³/mol. The summed E-state index contributed by atoms with van der Waals surface area (Å²) in [5.74, 6) is -0.435. The van der Waals surface area contributed by atoms with Gasteiger partial charge < -0.3 is 4.74 Å². The molecule has 1 N–H and O–H groups in total. The zero-order valence-electron chi connectivity index (χ0n) is 10.7. The van der Waals surface area contributed by atoms with Crippen molar-refractivity contribution in [2.24, 2.45) is 0 Å². The van der Waals surface area contributed by atoms with E-state index in [2.05, 4.69) is 20.7 Å². The topological polar surface area (TPSA) is 55.4 Å². The van der Waals surface area contributed by atoms with Gasteiger partial charge in [0.1, 0.15) is 11.6 Å². The lowest BCUT2D eigenvalue weighted by molar-refractivity contribution is 0.413. The number of sulfonamides is 1. The highest BCUT2D eigenvalue weighted by atomic mass is 79.9. The van der Waals surface area contributed by atoms with Gasteiger partial charge in [0.2, 0.25) is 0 Å². The second-order valence-corrected chi connectivity index (χ2v) is 6.97. The largest absolute Gasteiger partial charge is 0.494 e. The summed E-state index contributed by atoms with van der Waals surface area (Å²) in [6.45, 7) is 0. The first-order valence-corrected chi connectivity index (χ1v) is 8.30. The average molecular weight is 395 g/mol. The molecule has 0 spiro atoms. The molecular weight excluding hydrogens is 385 g/mol. The Kier molecular flexibility index (Phi) is 4.75. The van der Waals surface area contributed by atoms with Crippen molar-refractivity contribution in [3.8, 4) is 5.75 Å². The standard InChI is InChI=1S/C13H10BrClFNO3S/c1-20-13-6-8(16)2-5-12(13)17-21(18,19)9-3-4-11(15)10(14)7-9/h2-7,17H,1H3. The highest BCUT2D eigenvalue weighted by Crippen LogP contribution is 2.29. The van der Waals surface area contributed by atoms with E-state index in [1.54, 1.807) is 0 Å². The molecule has 0 fully saturated rings. The molecule has 0 heterocycles. The van der Waals surface area contributed by atoms with Gasteiger partial charge >= 0.3 is 0 Å². The normalized spacial score (nSPS) is 11.2. The fourth-order valence-corrected chi connectivity index (χ4v) is 3.34. The SMILES string of the molecule is COc1cc(F)ccc1NS(=O)(=O)c1ccc(Cl)c(Br)c1. The third kappa shape index (κ3) is 3.66. The van der Waals surface area contributed by atoms with E-state index >= 15 is 0 Å². The zero-order chi connectivity index (χ0) is 15.6. The Morgan fingerprint density at radius 2 is 1.95 bits per heavy atom. The molecule has 112 valence electrons. The predicted octanol–water partition coefficient (Wildman–Crippen LogP) is 4.05. The minimum absolute atomic E-state index is 0.0187. The molecule has 2 aromatic carbocycles. The van der Waals surface area contributed by atoms with Crippen LogP contribution in [0.1, 0.15) is 0 Å². The Hall–Kier alpha value is -1.31. The molecular formula is C13H10BrClFNO3S. The minimum Gasteiger partial charge on any atom is -0.494 e. The van der Waals surface area contributed by atoms with Crippen LogP contribution in [0.5, 0.6) is 5.75 Å². The first kappa shape index (κ1) is 16.1. The summed E-state index contributed by atoms with van der Waals surface area (Å²) < 4.78 is 45.5. The van der Waals surface area contributed by atoms with Gasteiger partial charge in [0.05, 0.1) is 22.7 Å². The molecule has 0 atom stereocenters. The zero-order valence-corrected chi connectivity index (χ0v) is 13.9. The molecule has 0 bridgehead atoms. The van der Waals surface area contributed by atoms with Crippen LogP contribution in [0, 0.1) is 5.82 Å². The van der Waals surface area contributed by atoms with E-state index in [4.69, 9.17) is 16.3 Å².